The number of anilines is 1. The van der Waals surface area contributed by atoms with Gasteiger partial charge in [0.2, 0.25) is 0 Å². The summed E-state index contributed by atoms with van der Waals surface area (Å²) in [5.74, 6) is 0.0469. The lowest BCUT2D eigenvalue weighted by molar-refractivity contribution is -0.713. The zero-order valence-corrected chi connectivity index (χ0v) is 17.3. The Hall–Kier alpha value is -1.65. The fraction of sp³-hybridized carbons (Fsp3) is 0.381. The smallest absolute Gasteiger partial charge is 0.282 e. The van der Waals surface area contributed by atoms with Gasteiger partial charge < -0.3 is 10.6 Å². The molecule has 25 heavy (non-hydrogen) atoms. The molecule has 0 aromatic heterocycles. The highest BCUT2D eigenvalue weighted by Gasteiger charge is 2.23. The molecule has 1 amide bonds. The number of hydrogen-bond acceptors (Lipinski definition) is 1. The van der Waals surface area contributed by atoms with E-state index >= 15 is 0 Å². The van der Waals surface area contributed by atoms with E-state index < -0.39 is 0 Å². The van der Waals surface area contributed by atoms with Crippen LogP contribution in [0.1, 0.15) is 48.6 Å². The van der Waals surface area contributed by atoms with Crippen LogP contribution in [-0.4, -0.2) is 11.9 Å². The van der Waals surface area contributed by atoms with Crippen molar-refractivity contribution in [3.63, 3.8) is 0 Å². The molecule has 2 atom stereocenters. The second-order valence-electron chi connectivity index (χ2n) is 6.81. The molecule has 4 heteroatoms. The standard InChI is InChI=1S/C21H27BrN2O/c1-6-19(17-7-9-18(22)10-8-17)23-16(5)21(25)24-20-14(3)11-13(2)12-15(20)4/h7-12,16,19,23H,6H2,1-5H3,(H,24,25)/p+1/t16-,19+/m1/s1. The highest BCUT2D eigenvalue weighted by atomic mass is 79.9. The van der Waals surface area contributed by atoms with Crippen LogP contribution in [-0.2, 0) is 4.79 Å². The van der Waals surface area contributed by atoms with Crippen LogP contribution < -0.4 is 10.6 Å². The monoisotopic (exact) mass is 403 g/mol. The maximum atomic E-state index is 12.7. The first-order chi connectivity index (χ1) is 11.8. The number of rotatable bonds is 6. The summed E-state index contributed by atoms with van der Waals surface area (Å²) in [6.45, 7) is 10.3. The van der Waals surface area contributed by atoms with E-state index in [1.54, 1.807) is 0 Å². The number of nitrogens with one attached hydrogen (secondary N) is 1. The number of quaternary nitrogens is 1. The second-order valence-corrected chi connectivity index (χ2v) is 7.73. The van der Waals surface area contributed by atoms with Gasteiger partial charge in [0.05, 0.1) is 0 Å². The van der Waals surface area contributed by atoms with Gasteiger partial charge in [0.15, 0.2) is 6.04 Å². The van der Waals surface area contributed by atoms with E-state index in [0.717, 1.165) is 27.7 Å². The molecule has 3 nitrogen and oxygen atoms in total. The van der Waals surface area contributed by atoms with Gasteiger partial charge in [-0.15, -0.1) is 0 Å². The summed E-state index contributed by atoms with van der Waals surface area (Å²) in [6, 6.07) is 12.7. The topological polar surface area (TPSA) is 45.7 Å². The Morgan fingerprint density at radius 3 is 2.20 bits per heavy atom. The van der Waals surface area contributed by atoms with E-state index in [4.69, 9.17) is 0 Å². The van der Waals surface area contributed by atoms with Crippen molar-refractivity contribution in [3.05, 3.63) is 63.1 Å². The molecule has 2 aromatic carbocycles. The molecule has 0 aliphatic rings. The number of halogens is 1. The van der Waals surface area contributed by atoms with E-state index in [2.05, 4.69) is 76.8 Å². The van der Waals surface area contributed by atoms with Crippen LogP contribution in [0.15, 0.2) is 40.9 Å². The summed E-state index contributed by atoms with van der Waals surface area (Å²) in [4.78, 5) is 12.7. The first-order valence-electron chi connectivity index (χ1n) is 8.81. The van der Waals surface area contributed by atoms with Crippen molar-refractivity contribution >= 4 is 27.5 Å². The molecular formula is C21H28BrN2O+. The molecule has 0 spiro atoms. The van der Waals surface area contributed by atoms with Gasteiger partial charge in [-0.25, -0.2) is 0 Å². The fourth-order valence-electron chi connectivity index (χ4n) is 3.24. The van der Waals surface area contributed by atoms with Gasteiger partial charge in [0, 0.05) is 22.1 Å². The Bertz CT molecular complexity index is 717. The molecule has 0 saturated heterocycles. The minimum atomic E-state index is -0.159. The summed E-state index contributed by atoms with van der Waals surface area (Å²) in [7, 11) is 0. The number of aryl methyl sites for hydroxylation is 3. The van der Waals surface area contributed by atoms with Gasteiger partial charge in [-0.05, 0) is 51.0 Å². The summed E-state index contributed by atoms with van der Waals surface area (Å²) >= 11 is 3.47. The molecule has 0 radical (unpaired) electrons. The first-order valence-corrected chi connectivity index (χ1v) is 9.60. The molecular weight excluding hydrogens is 376 g/mol. The van der Waals surface area contributed by atoms with Crippen LogP contribution in [0, 0.1) is 20.8 Å². The lowest BCUT2D eigenvalue weighted by Gasteiger charge is -2.20. The maximum absolute atomic E-state index is 12.7. The normalized spacial score (nSPS) is 13.4. The molecule has 0 bridgehead atoms. The quantitative estimate of drug-likeness (QED) is 0.736. The van der Waals surface area contributed by atoms with Crippen molar-refractivity contribution in [1.82, 2.24) is 0 Å². The highest BCUT2D eigenvalue weighted by Crippen LogP contribution is 2.22. The van der Waals surface area contributed by atoms with Crippen molar-refractivity contribution in [2.45, 2.75) is 53.1 Å². The SMILES string of the molecule is CC[C@H]([NH2+][C@H](C)C(=O)Nc1c(C)cc(C)cc1C)c1ccc(Br)cc1. The van der Waals surface area contributed by atoms with Crippen molar-refractivity contribution in [2.75, 3.05) is 5.32 Å². The first kappa shape index (κ1) is 19.7. The molecule has 0 fully saturated rings. The Morgan fingerprint density at radius 1 is 1.12 bits per heavy atom. The van der Waals surface area contributed by atoms with E-state index in [1.165, 1.54) is 11.1 Å². The molecule has 0 heterocycles. The van der Waals surface area contributed by atoms with Crippen molar-refractivity contribution in [3.8, 4) is 0 Å². The lowest BCUT2D eigenvalue weighted by atomic mass is 10.0. The van der Waals surface area contributed by atoms with Gasteiger partial charge in [0.1, 0.15) is 6.04 Å². The minimum Gasteiger partial charge on any atom is -0.330 e. The van der Waals surface area contributed by atoms with Crippen LogP contribution in [0.4, 0.5) is 5.69 Å². The van der Waals surface area contributed by atoms with E-state index in [9.17, 15) is 4.79 Å². The molecule has 0 aliphatic carbocycles. The molecule has 3 N–H and O–H groups in total. The Kier molecular flexibility index (Phi) is 6.79. The van der Waals surface area contributed by atoms with E-state index in [1.807, 2.05) is 20.8 Å². The molecule has 2 rings (SSSR count). The lowest BCUT2D eigenvalue weighted by Crippen LogP contribution is -2.92. The van der Waals surface area contributed by atoms with Gasteiger partial charge in [-0.2, -0.15) is 0 Å². The van der Waals surface area contributed by atoms with E-state index in [0.29, 0.717) is 0 Å². The molecule has 134 valence electrons. The summed E-state index contributed by atoms with van der Waals surface area (Å²) in [6.07, 6.45) is 0.974. The van der Waals surface area contributed by atoms with Crippen LogP contribution in [0.5, 0.6) is 0 Å². The summed E-state index contributed by atoms with van der Waals surface area (Å²) in [5, 5.41) is 5.27. The molecule has 0 saturated carbocycles. The number of carbonyl (C=O) groups is 1. The third-order valence-electron chi connectivity index (χ3n) is 4.60. The van der Waals surface area contributed by atoms with Crippen LogP contribution in [0.25, 0.3) is 0 Å². The predicted molar refractivity (Wildman–Crippen MR) is 108 cm³/mol. The fourth-order valence-corrected chi connectivity index (χ4v) is 3.51. The Balaban J connectivity index is 2.08. The largest absolute Gasteiger partial charge is 0.330 e. The zero-order chi connectivity index (χ0) is 18.6. The van der Waals surface area contributed by atoms with Gasteiger partial charge in [-0.1, -0.05) is 52.7 Å². The predicted octanol–water partition coefficient (Wildman–Crippen LogP) is 4.42. The van der Waals surface area contributed by atoms with Crippen LogP contribution in [0.3, 0.4) is 0 Å². The van der Waals surface area contributed by atoms with E-state index in [-0.39, 0.29) is 18.0 Å². The number of amides is 1. The van der Waals surface area contributed by atoms with Crippen LogP contribution >= 0.6 is 15.9 Å². The highest BCUT2D eigenvalue weighted by molar-refractivity contribution is 9.10. The number of carbonyl (C=O) groups excluding carboxylic acids is 1. The Morgan fingerprint density at radius 2 is 1.68 bits per heavy atom. The molecule has 0 unspecified atom stereocenters. The van der Waals surface area contributed by atoms with Gasteiger partial charge >= 0.3 is 0 Å². The zero-order valence-electron chi connectivity index (χ0n) is 15.7. The van der Waals surface area contributed by atoms with Gasteiger partial charge in [0.25, 0.3) is 5.91 Å². The number of hydrogen-bond donors (Lipinski definition) is 2. The van der Waals surface area contributed by atoms with Gasteiger partial charge in [-0.3, -0.25) is 4.79 Å². The van der Waals surface area contributed by atoms with Crippen molar-refractivity contribution in [1.29, 1.82) is 0 Å². The molecule has 0 aliphatic heterocycles. The maximum Gasteiger partial charge on any atom is 0.282 e. The summed E-state index contributed by atoms with van der Waals surface area (Å²) in [5.41, 5.74) is 5.62. The third-order valence-corrected chi connectivity index (χ3v) is 5.13. The number of nitrogens with two attached hydrogens (primary N) is 1. The Labute approximate surface area is 159 Å². The minimum absolute atomic E-state index is 0.0469. The van der Waals surface area contributed by atoms with Crippen molar-refractivity contribution in [2.24, 2.45) is 0 Å². The average molecular weight is 404 g/mol. The molecule has 2 aromatic rings. The number of benzene rings is 2. The average Bonchev–Trinajstić information content (AvgIpc) is 2.56. The van der Waals surface area contributed by atoms with Crippen LogP contribution in [0.2, 0.25) is 0 Å². The third kappa shape index (κ3) is 5.16. The van der Waals surface area contributed by atoms with Crippen molar-refractivity contribution < 1.29 is 10.1 Å². The summed E-state index contributed by atoms with van der Waals surface area (Å²) < 4.78 is 1.07. The second kappa shape index (κ2) is 8.63.